The Kier molecular flexibility index (Phi) is 6.80. The summed E-state index contributed by atoms with van der Waals surface area (Å²) in [7, 11) is -3.88. The molecule has 0 radical (unpaired) electrons. The first-order valence-corrected chi connectivity index (χ1v) is 10.3. The Hall–Kier alpha value is -2.03. The predicted molar refractivity (Wildman–Crippen MR) is 106 cm³/mol. The van der Waals surface area contributed by atoms with Crippen LogP contribution < -0.4 is 10.7 Å². The number of anilines is 1. The quantitative estimate of drug-likeness (QED) is 0.397. The van der Waals surface area contributed by atoms with Crippen LogP contribution in [0.15, 0.2) is 24.3 Å². The molecule has 1 heterocycles. The third kappa shape index (κ3) is 4.68. The van der Waals surface area contributed by atoms with Crippen LogP contribution in [0.1, 0.15) is 50.7 Å². The van der Waals surface area contributed by atoms with Gasteiger partial charge < -0.3 is 19.5 Å². The number of hydrogen-bond donors (Lipinski definition) is 1. The first-order valence-electron chi connectivity index (χ1n) is 8.80. The Morgan fingerprint density at radius 3 is 2.07 bits per heavy atom. The van der Waals surface area contributed by atoms with E-state index in [1.54, 1.807) is 46.8 Å². The molecule has 154 valence electrons. The molecule has 0 fully saturated rings. The summed E-state index contributed by atoms with van der Waals surface area (Å²) in [6, 6.07) is 5.88. The topological polar surface area (TPSA) is 117 Å². The highest BCUT2D eigenvalue weighted by molar-refractivity contribution is 7.62. The van der Waals surface area contributed by atoms with Gasteiger partial charge in [-0.2, -0.15) is 5.10 Å². The molecule has 0 aliphatic rings. The predicted octanol–water partition coefficient (Wildman–Crippen LogP) is 3.75. The molecular weight excluding hydrogens is 385 g/mol. The van der Waals surface area contributed by atoms with Crippen LogP contribution in [0.25, 0.3) is 5.69 Å². The maximum Gasteiger partial charge on any atom is 0.382 e. The lowest BCUT2D eigenvalue weighted by atomic mass is 10.2. The smallest absolute Gasteiger partial charge is 0.382 e. The van der Waals surface area contributed by atoms with E-state index in [0.717, 1.165) is 0 Å². The molecular formula is C18H25N3O6P-. The highest BCUT2D eigenvalue weighted by Crippen LogP contribution is 2.50. The first-order chi connectivity index (χ1) is 13.0. The van der Waals surface area contributed by atoms with Gasteiger partial charge in [0.15, 0.2) is 11.2 Å². The summed E-state index contributed by atoms with van der Waals surface area (Å²) in [6.45, 7) is 9.90. The maximum absolute atomic E-state index is 13.5. The van der Waals surface area contributed by atoms with Crippen molar-refractivity contribution in [3.8, 4) is 5.69 Å². The molecule has 0 amide bonds. The number of carbonyl (C=O) groups is 1. The van der Waals surface area contributed by atoms with Crippen molar-refractivity contribution in [1.29, 1.82) is 0 Å². The van der Waals surface area contributed by atoms with Gasteiger partial charge in [0.25, 0.3) is 0 Å². The molecule has 0 saturated carbocycles. The lowest BCUT2D eigenvalue weighted by molar-refractivity contribution is 0.101. The molecule has 0 spiro atoms. The van der Waals surface area contributed by atoms with E-state index in [2.05, 4.69) is 5.10 Å². The average Bonchev–Trinajstić information content (AvgIpc) is 2.91. The van der Waals surface area contributed by atoms with Crippen molar-refractivity contribution >= 4 is 24.5 Å². The van der Waals surface area contributed by atoms with Crippen molar-refractivity contribution in [2.45, 2.75) is 53.8 Å². The molecule has 0 atom stereocenters. The largest absolute Gasteiger partial charge is 0.733 e. The number of aromatic nitrogens is 2. The number of ketones is 1. The van der Waals surface area contributed by atoms with Crippen LogP contribution >= 0.6 is 7.60 Å². The lowest BCUT2D eigenvalue weighted by Gasteiger charge is -2.22. The molecule has 1 aromatic carbocycles. The number of Topliss-reactive ketones (excluding diaryl/α,β-unsaturated/α-hetero) is 1. The van der Waals surface area contributed by atoms with E-state index in [9.17, 15) is 14.6 Å². The molecule has 0 aliphatic carbocycles. The van der Waals surface area contributed by atoms with E-state index in [4.69, 9.17) is 14.3 Å². The third-order valence-corrected chi connectivity index (χ3v) is 5.95. The zero-order valence-corrected chi connectivity index (χ0v) is 17.6. The van der Waals surface area contributed by atoms with Gasteiger partial charge >= 0.3 is 7.60 Å². The van der Waals surface area contributed by atoms with E-state index < -0.39 is 19.8 Å². The van der Waals surface area contributed by atoms with Crippen molar-refractivity contribution in [2.24, 2.45) is 0 Å². The number of hydrogen-bond acceptors (Lipinski definition) is 8. The van der Waals surface area contributed by atoms with Crippen LogP contribution in [0.3, 0.4) is 0 Å². The SMILES string of the molecule is CC(=O)c1c(P(=O)(OC(C)C)OC(C)C)nn(-c2ccc(N([O-])O)cc2)c1C. The molecule has 0 aliphatic heterocycles. The molecule has 1 N–H and O–H groups in total. The minimum Gasteiger partial charge on any atom is -0.733 e. The third-order valence-electron chi connectivity index (χ3n) is 3.72. The normalized spacial score (nSPS) is 12.1. The van der Waals surface area contributed by atoms with Crippen LogP contribution in [-0.4, -0.2) is 33.0 Å². The van der Waals surface area contributed by atoms with Crippen LogP contribution in [-0.2, 0) is 13.6 Å². The summed E-state index contributed by atoms with van der Waals surface area (Å²) < 4.78 is 26.2. The summed E-state index contributed by atoms with van der Waals surface area (Å²) in [5.41, 5.74) is 1.13. The van der Waals surface area contributed by atoms with Gasteiger partial charge in [0.05, 0.1) is 34.8 Å². The van der Waals surface area contributed by atoms with Crippen LogP contribution in [0.5, 0.6) is 0 Å². The zero-order chi connectivity index (χ0) is 21.2. The highest BCUT2D eigenvalue weighted by atomic mass is 31.2. The monoisotopic (exact) mass is 410 g/mol. The molecule has 28 heavy (non-hydrogen) atoms. The van der Waals surface area contributed by atoms with Gasteiger partial charge in [0.2, 0.25) is 0 Å². The van der Waals surface area contributed by atoms with Gasteiger partial charge in [-0.15, -0.1) is 0 Å². The molecule has 10 heteroatoms. The summed E-state index contributed by atoms with van der Waals surface area (Å²) in [5.74, 6) is -0.323. The van der Waals surface area contributed by atoms with Crippen molar-refractivity contribution < 1.29 is 23.6 Å². The fourth-order valence-electron chi connectivity index (χ4n) is 2.74. The molecule has 0 bridgehead atoms. The summed E-state index contributed by atoms with van der Waals surface area (Å²) >= 11 is 0. The van der Waals surface area contributed by atoms with Crippen LogP contribution in [0, 0.1) is 12.1 Å². The zero-order valence-electron chi connectivity index (χ0n) is 16.7. The molecule has 0 unspecified atom stereocenters. The second-order valence-corrected chi connectivity index (χ2v) is 8.69. The van der Waals surface area contributed by atoms with Gasteiger partial charge in [0.1, 0.15) is 0 Å². The number of rotatable bonds is 8. The molecule has 1 aromatic heterocycles. The van der Waals surface area contributed by atoms with Gasteiger partial charge in [-0.25, -0.2) is 4.68 Å². The fourth-order valence-corrected chi connectivity index (χ4v) is 4.90. The van der Waals surface area contributed by atoms with Gasteiger partial charge in [0, 0.05) is 0 Å². The molecule has 2 rings (SSSR count). The van der Waals surface area contributed by atoms with Crippen LogP contribution in [0.4, 0.5) is 5.69 Å². The second kappa shape index (κ2) is 8.55. The van der Waals surface area contributed by atoms with Gasteiger partial charge in [-0.3, -0.25) is 14.6 Å². The van der Waals surface area contributed by atoms with E-state index in [-0.39, 0.29) is 27.7 Å². The first kappa shape index (κ1) is 22.3. The molecule has 0 saturated heterocycles. The van der Waals surface area contributed by atoms with Gasteiger partial charge in [-0.1, -0.05) is 0 Å². The number of nitrogens with zero attached hydrogens (tertiary/aromatic N) is 3. The Morgan fingerprint density at radius 1 is 1.18 bits per heavy atom. The van der Waals surface area contributed by atoms with Crippen molar-refractivity contribution in [2.75, 3.05) is 5.23 Å². The van der Waals surface area contributed by atoms with E-state index in [0.29, 0.717) is 11.4 Å². The lowest BCUT2D eigenvalue weighted by Crippen LogP contribution is -2.22. The molecule has 2 aromatic rings. The van der Waals surface area contributed by atoms with Gasteiger partial charge in [-0.05, 0) is 65.8 Å². The van der Waals surface area contributed by atoms with E-state index in [1.807, 2.05) is 0 Å². The Morgan fingerprint density at radius 2 is 1.68 bits per heavy atom. The van der Waals surface area contributed by atoms with E-state index in [1.165, 1.54) is 23.7 Å². The summed E-state index contributed by atoms with van der Waals surface area (Å²) in [6.07, 6.45) is -0.830. The second-order valence-electron chi connectivity index (χ2n) is 6.85. The van der Waals surface area contributed by atoms with Crippen molar-refractivity contribution in [3.05, 3.63) is 40.7 Å². The van der Waals surface area contributed by atoms with Crippen molar-refractivity contribution in [1.82, 2.24) is 9.78 Å². The molecule has 9 nitrogen and oxygen atoms in total. The van der Waals surface area contributed by atoms with Crippen LogP contribution in [0.2, 0.25) is 0 Å². The minimum atomic E-state index is -3.88. The maximum atomic E-state index is 13.5. The highest BCUT2D eigenvalue weighted by Gasteiger charge is 2.39. The summed E-state index contributed by atoms with van der Waals surface area (Å²) in [4.78, 5) is 12.3. The van der Waals surface area contributed by atoms with Crippen molar-refractivity contribution in [3.63, 3.8) is 0 Å². The fraction of sp³-hybridized carbons (Fsp3) is 0.444. The Labute approximate surface area is 163 Å². The van der Waals surface area contributed by atoms with E-state index >= 15 is 0 Å². The minimum absolute atomic E-state index is 0.0394. The standard InChI is InChI=1S/C18H25N3O6P/c1-11(2)26-28(25,27-12(3)4)18-17(14(6)22)13(5)20(19-18)15-7-9-16(10-8-15)21(23)24/h7-12,23H,1-6H3/q-1. The Balaban J connectivity index is 2.66. The summed E-state index contributed by atoms with van der Waals surface area (Å²) in [5, 5.41) is 24.1. The average molecular weight is 410 g/mol. The Bertz CT molecular complexity index is 875. The number of benzene rings is 1. The number of carbonyl (C=O) groups excluding carboxylic acids is 1.